The molecule has 0 aliphatic carbocycles. The molecule has 7 heteroatoms. The van der Waals surface area contributed by atoms with Crippen molar-refractivity contribution in [1.29, 1.82) is 0 Å². The minimum Gasteiger partial charge on any atom is -0.493 e. The van der Waals surface area contributed by atoms with Crippen LogP contribution >= 0.6 is 0 Å². The molecule has 1 fully saturated rings. The number of benzene rings is 2. The van der Waals surface area contributed by atoms with E-state index in [2.05, 4.69) is 10.6 Å². The van der Waals surface area contributed by atoms with E-state index in [9.17, 15) is 9.59 Å². The van der Waals surface area contributed by atoms with Crippen LogP contribution in [0.3, 0.4) is 0 Å². The molecule has 7 nitrogen and oxygen atoms in total. The summed E-state index contributed by atoms with van der Waals surface area (Å²) < 4.78 is 16.2. The topological polar surface area (TPSA) is 85.9 Å². The fourth-order valence-electron chi connectivity index (χ4n) is 3.18. The summed E-state index contributed by atoms with van der Waals surface area (Å²) in [6.07, 6.45) is -0.847. The van der Waals surface area contributed by atoms with Crippen molar-refractivity contribution < 1.29 is 23.8 Å². The summed E-state index contributed by atoms with van der Waals surface area (Å²) in [6.45, 7) is 2.22. The van der Waals surface area contributed by atoms with Crippen molar-refractivity contribution in [3.63, 3.8) is 0 Å². The van der Waals surface area contributed by atoms with E-state index in [-0.39, 0.29) is 18.4 Å². The number of nitrogens with one attached hydrogen (secondary N) is 2. The van der Waals surface area contributed by atoms with Gasteiger partial charge in [-0.2, -0.15) is 0 Å². The van der Waals surface area contributed by atoms with Gasteiger partial charge in [0.1, 0.15) is 6.61 Å². The second-order valence-electron chi connectivity index (χ2n) is 6.54. The second-order valence-corrected chi connectivity index (χ2v) is 6.54. The Kier molecular flexibility index (Phi) is 6.16. The number of methoxy groups -OCH3 is 2. The first-order chi connectivity index (χ1) is 13.5. The highest BCUT2D eigenvalue weighted by Gasteiger charge is 2.36. The van der Waals surface area contributed by atoms with E-state index in [4.69, 9.17) is 14.2 Å². The molecule has 148 valence electrons. The fraction of sp³-hybridized carbons (Fsp3) is 0.333. The first-order valence-electron chi connectivity index (χ1n) is 8.98. The van der Waals surface area contributed by atoms with Gasteiger partial charge in [0.2, 0.25) is 5.91 Å². The molecule has 3 rings (SSSR count). The molecule has 0 saturated carbocycles. The lowest BCUT2D eigenvalue weighted by Crippen LogP contribution is -2.52. The van der Waals surface area contributed by atoms with Crippen LogP contribution < -0.4 is 20.1 Å². The number of aryl methyl sites for hydroxylation is 1. The number of ether oxygens (including phenoxy) is 3. The average Bonchev–Trinajstić information content (AvgIpc) is 2.72. The molecule has 2 atom stereocenters. The number of hydrogen-bond donors (Lipinski definition) is 2. The molecule has 0 aromatic heterocycles. The van der Waals surface area contributed by atoms with Crippen LogP contribution in [0, 0.1) is 6.92 Å². The Labute approximate surface area is 164 Å². The standard InChI is InChI=1S/C21H24N2O5/c1-13-6-4-5-7-15(13)11-22-21(25)20-19(23-18(24)12-28-20)14-8-9-16(26-2)17(10-14)27-3/h4-10,19-20H,11-12H2,1-3H3,(H,22,25)(H,23,24)/t19-,20+/m1/s1. The Morgan fingerprint density at radius 3 is 2.64 bits per heavy atom. The Morgan fingerprint density at radius 2 is 1.93 bits per heavy atom. The van der Waals surface area contributed by atoms with Gasteiger partial charge >= 0.3 is 0 Å². The zero-order chi connectivity index (χ0) is 20.1. The van der Waals surface area contributed by atoms with E-state index in [0.29, 0.717) is 23.6 Å². The predicted octanol–water partition coefficient (Wildman–Crippen LogP) is 1.88. The maximum Gasteiger partial charge on any atom is 0.251 e. The average molecular weight is 384 g/mol. The molecular formula is C21H24N2O5. The van der Waals surface area contributed by atoms with Gasteiger partial charge in [-0.05, 0) is 35.7 Å². The smallest absolute Gasteiger partial charge is 0.251 e. The third kappa shape index (κ3) is 4.26. The number of amides is 2. The number of rotatable bonds is 6. The van der Waals surface area contributed by atoms with Gasteiger partial charge in [-0.3, -0.25) is 9.59 Å². The van der Waals surface area contributed by atoms with Gasteiger partial charge in [-0.25, -0.2) is 0 Å². The molecule has 1 aliphatic heterocycles. The van der Waals surface area contributed by atoms with Crippen molar-refractivity contribution in [1.82, 2.24) is 10.6 Å². The Hall–Kier alpha value is -3.06. The van der Waals surface area contributed by atoms with Crippen LogP contribution in [-0.4, -0.2) is 38.7 Å². The first kappa shape index (κ1) is 19.7. The van der Waals surface area contributed by atoms with Crippen molar-refractivity contribution in [2.75, 3.05) is 20.8 Å². The van der Waals surface area contributed by atoms with Gasteiger partial charge in [-0.1, -0.05) is 30.3 Å². The van der Waals surface area contributed by atoms with Crippen molar-refractivity contribution in [3.8, 4) is 11.5 Å². The number of carbonyl (C=O) groups is 2. The van der Waals surface area contributed by atoms with E-state index >= 15 is 0 Å². The lowest BCUT2D eigenvalue weighted by molar-refractivity contribution is -0.148. The molecule has 0 radical (unpaired) electrons. The Balaban J connectivity index is 1.79. The predicted molar refractivity (Wildman–Crippen MR) is 103 cm³/mol. The number of morpholine rings is 1. The van der Waals surface area contributed by atoms with Crippen molar-refractivity contribution in [3.05, 3.63) is 59.2 Å². The highest BCUT2D eigenvalue weighted by atomic mass is 16.5. The van der Waals surface area contributed by atoms with E-state index in [1.165, 1.54) is 7.11 Å². The molecule has 0 spiro atoms. The van der Waals surface area contributed by atoms with Gasteiger partial charge in [-0.15, -0.1) is 0 Å². The summed E-state index contributed by atoms with van der Waals surface area (Å²) in [6, 6.07) is 12.5. The first-order valence-corrected chi connectivity index (χ1v) is 8.98. The second kappa shape index (κ2) is 8.75. The normalized spacial score (nSPS) is 18.9. The maximum atomic E-state index is 12.8. The summed E-state index contributed by atoms with van der Waals surface area (Å²) in [5.41, 5.74) is 2.82. The van der Waals surface area contributed by atoms with Crippen molar-refractivity contribution >= 4 is 11.8 Å². The van der Waals surface area contributed by atoms with Gasteiger partial charge in [0.05, 0.1) is 20.3 Å². The summed E-state index contributed by atoms with van der Waals surface area (Å²) in [5.74, 6) is 0.513. The number of carbonyl (C=O) groups excluding carboxylic acids is 2. The van der Waals surface area contributed by atoms with Crippen LogP contribution in [0.4, 0.5) is 0 Å². The van der Waals surface area contributed by atoms with Crippen molar-refractivity contribution in [2.45, 2.75) is 25.6 Å². The van der Waals surface area contributed by atoms with Gasteiger partial charge in [0, 0.05) is 6.54 Å². The van der Waals surface area contributed by atoms with Crippen LogP contribution in [0.25, 0.3) is 0 Å². The van der Waals surface area contributed by atoms with Crippen LogP contribution in [0.1, 0.15) is 22.7 Å². The summed E-state index contributed by atoms with van der Waals surface area (Å²) in [4.78, 5) is 24.7. The minimum atomic E-state index is -0.847. The zero-order valence-electron chi connectivity index (χ0n) is 16.2. The van der Waals surface area contributed by atoms with E-state index < -0.39 is 12.1 Å². The Morgan fingerprint density at radius 1 is 1.18 bits per heavy atom. The quantitative estimate of drug-likeness (QED) is 0.794. The van der Waals surface area contributed by atoms with Crippen LogP contribution in [0.2, 0.25) is 0 Å². The molecular weight excluding hydrogens is 360 g/mol. The summed E-state index contributed by atoms with van der Waals surface area (Å²) in [7, 11) is 3.08. The Bertz CT molecular complexity index is 868. The van der Waals surface area contributed by atoms with Crippen LogP contribution in [-0.2, 0) is 20.9 Å². The van der Waals surface area contributed by atoms with Gasteiger partial charge < -0.3 is 24.8 Å². The molecule has 2 aromatic carbocycles. The molecule has 28 heavy (non-hydrogen) atoms. The molecule has 2 aromatic rings. The van der Waals surface area contributed by atoms with Crippen LogP contribution in [0.5, 0.6) is 11.5 Å². The largest absolute Gasteiger partial charge is 0.493 e. The molecule has 0 bridgehead atoms. The third-order valence-electron chi connectivity index (χ3n) is 4.75. The molecule has 0 unspecified atom stereocenters. The highest BCUT2D eigenvalue weighted by molar-refractivity contribution is 5.86. The van der Waals surface area contributed by atoms with Crippen LogP contribution in [0.15, 0.2) is 42.5 Å². The van der Waals surface area contributed by atoms with Gasteiger partial charge in [0.25, 0.3) is 5.91 Å². The molecule has 1 saturated heterocycles. The SMILES string of the molecule is COc1ccc([C@H]2NC(=O)CO[C@@H]2C(=O)NCc2ccccc2C)cc1OC. The summed E-state index contributed by atoms with van der Waals surface area (Å²) in [5, 5.41) is 5.74. The zero-order valence-corrected chi connectivity index (χ0v) is 16.2. The number of hydrogen-bond acceptors (Lipinski definition) is 5. The van der Waals surface area contributed by atoms with E-state index in [0.717, 1.165) is 11.1 Å². The lowest BCUT2D eigenvalue weighted by atomic mass is 9.98. The highest BCUT2D eigenvalue weighted by Crippen LogP contribution is 2.32. The summed E-state index contributed by atoms with van der Waals surface area (Å²) >= 11 is 0. The molecule has 1 aliphatic rings. The van der Waals surface area contributed by atoms with Crippen molar-refractivity contribution in [2.24, 2.45) is 0 Å². The maximum absolute atomic E-state index is 12.8. The fourth-order valence-corrected chi connectivity index (χ4v) is 3.18. The van der Waals surface area contributed by atoms with E-state index in [1.54, 1.807) is 25.3 Å². The van der Waals surface area contributed by atoms with E-state index in [1.807, 2.05) is 31.2 Å². The monoisotopic (exact) mass is 384 g/mol. The molecule has 2 N–H and O–H groups in total. The third-order valence-corrected chi connectivity index (χ3v) is 4.75. The molecule has 2 amide bonds. The van der Waals surface area contributed by atoms with Gasteiger partial charge in [0.15, 0.2) is 17.6 Å². The molecule has 1 heterocycles. The minimum absolute atomic E-state index is 0.160. The lowest BCUT2D eigenvalue weighted by Gasteiger charge is -2.32.